The predicted octanol–water partition coefficient (Wildman–Crippen LogP) is 2.23. The van der Waals surface area contributed by atoms with Crippen LogP contribution in [0.5, 0.6) is 0 Å². The van der Waals surface area contributed by atoms with Gasteiger partial charge in [-0.25, -0.2) is 0 Å². The number of anilines is 2. The molecule has 0 aliphatic carbocycles. The topological polar surface area (TPSA) is 44.4 Å². The number of carbonyl (C=O) groups excluding carboxylic acids is 1. The molecule has 1 amide bonds. The van der Waals surface area contributed by atoms with Gasteiger partial charge >= 0.3 is 0 Å². The van der Waals surface area contributed by atoms with E-state index in [1.54, 1.807) is 0 Å². The highest BCUT2D eigenvalue weighted by Gasteiger charge is 2.09. The third-order valence-electron chi connectivity index (χ3n) is 3.63. The second kappa shape index (κ2) is 8.33. The minimum absolute atomic E-state index is 0.0761. The molecule has 0 radical (unpaired) electrons. The van der Waals surface area contributed by atoms with E-state index in [0.29, 0.717) is 6.54 Å². The number of nitrogens with zero attached hydrogens (tertiary/aromatic N) is 1. The fourth-order valence-corrected chi connectivity index (χ4v) is 2.54. The Morgan fingerprint density at radius 1 is 1.14 bits per heavy atom. The van der Waals surface area contributed by atoms with Crippen LogP contribution in [-0.4, -0.2) is 32.1 Å². The van der Waals surface area contributed by atoms with Gasteiger partial charge in [-0.05, 0) is 37.1 Å². The molecule has 1 aromatic carbocycles. The fourth-order valence-electron chi connectivity index (χ4n) is 2.54. The number of carbonyl (C=O) groups is 1. The highest BCUT2D eigenvalue weighted by molar-refractivity contribution is 5.92. The van der Waals surface area contributed by atoms with Gasteiger partial charge in [0.1, 0.15) is 0 Å². The van der Waals surface area contributed by atoms with Crippen molar-refractivity contribution in [1.82, 2.24) is 5.32 Å². The van der Waals surface area contributed by atoms with Crippen molar-refractivity contribution in [1.29, 1.82) is 0 Å². The van der Waals surface area contributed by atoms with Crippen LogP contribution in [0.3, 0.4) is 0 Å². The van der Waals surface area contributed by atoms with E-state index in [1.165, 1.54) is 31.4 Å². The van der Waals surface area contributed by atoms with Gasteiger partial charge in [-0.15, -0.1) is 6.42 Å². The van der Waals surface area contributed by atoms with E-state index in [4.69, 9.17) is 6.42 Å². The van der Waals surface area contributed by atoms with Crippen molar-refractivity contribution in [2.75, 3.05) is 36.4 Å². The van der Waals surface area contributed by atoms with Crippen molar-refractivity contribution in [3.05, 3.63) is 24.3 Å². The maximum Gasteiger partial charge on any atom is 0.238 e. The molecule has 112 valence electrons. The minimum atomic E-state index is -0.0761. The van der Waals surface area contributed by atoms with Crippen molar-refractivity contribution >= 4 is 17.3 Å². The smallest absolute Gasteiger partial charge is 0.238 e. The molecule has 0 bridgehead atoms. The lowest BCUT2D eigenvalue weighted by atomic mass is 10.2. The lowest BCUT2D eigenvalue weighted by molar-refractivity contribution is -0.115. The van der Waals surface area contributed by atoms with E-state index in [9.17, 15) is 4.79 Å². The summed E-state index contributed by atoms with van der Waals surface area (Å²) < 4.78 is 0. The van der Waals surface area contributed by atoms with Crippen LogP contribution < -0.4 is 15.5 Å². The first-order valence-corrected chi connectivity index (χ1v) is 7.58. The minimum Gasteiger partial charge on any atom is -0.372 e. The number of hydrogen-bond acceptors (Lipinski definition) is 3. The Bertz CT molecular complexity index is 482. The summed E-state index contributed by atoms with van der Waals surface area (Å²) in [6.45, 7) is 2.89. The quantitative estimate of drug-likeness (QED) is 0.644. The summed E-state index contributed by atoms with van der Waals surface area (Å²) in [7, 11) is 0. The summed E-state index contributed by atoms with van der Waals surface area (Å²) in [5.41, 5.74) is 2.06. The summed E-state index contributed by atoms with van der Waals surface area (Å²) in [6.07, 6.45) is 10.3. The Labute approximate surface area is 126 Å². The summed E-state index contributed by atoms with van der Waals surface area (Å²) in [5.74, 6) is 2.36. The standard InChI is InChI=1S/C17H23N3O/c1-2-11-18-14-17(21)19-15-7-9-16(10-8-15)20-12-5-3-4-6-13-20/h1,7-10,18H,3-6,11-14H2,(H,19,21). The second-order valence-corrected chi connectivity index (χ2v) is 5.30. The highest BCUT2D eigenvalue weighted by Crippen LogP contribution is 2.21. The van der Waals surface area contributed by atoms with E-state index in [0.717, 1.165) is 18.8 Å². The van der Waals surface area contributed by atoms with Gasteiger partial charge in [0.25, 0.3) is 0 Å². The summed E-state index contributed by atoms with van der Waals surface area (Å²) in [6, 6.07) is 8.07. The zero-order valence-corrected chi connectivity index (χ0v) is 12.4. The molecule has 1 fully saturated rings. The molecule has 21 heavy (non-hydrogen) atoms. The van der Waals surface area contributed by atoms with Gasteiger partial charge in [0.2, 0.25) is 5.91 Å². The molecule has 4 nitrogen and oxygen atoms in total. The molecule has 2 N–H and O–H groups in total. The molecule has 0 spiro atoms. The van der Waals surface area contributed by atoms with Crippen molar-refractivity contribution in [3.63, 3.8) is 0 Å². The molecule has 0 aromatic heterocycles. The summed E-state index contributed by atoms with van der Waals surface area (Å²) in [4.78, 5) is 14.1. The molecule has 2 rings (SSSR count). The molecule has 1 heterocycles. The zero-order chi connectivity index (χ0) is 14.9. The van der Waals surface area contributed by atoms with E-state index in [-0.39, 0.29) is 12.5 Å². The maximum absolute atomic E-state index is 11.7. The summed E-state index contributed by atoms with van der Waals surface area (Å²) in [5, 5.41) is 5.72. The van der Waals surface area contributed by atoms with Gasteiger partial charge in [-0.2, -0.15) is 0 Å². The van der Waals surface area contributed by atoms with Crippen LogP contribution in [0.15, 0.2) is 24.3 Å². The van der Waals surface area contributed by atoms with E-state index in [1.807, 2.05) is 12.1 Å². The van der Waals surface area contributed by atoms with Crippen LogP contribution in [0.25, 0.3) is 0 Å². The van der Waals surface area contributed by atoms with Crippen LogP contribution in [-0.2, 0) is 4.79 Å². The van der Waals surface area contributed by atoms with Gasteiger partial charge in [-0.1, -0.05) is 18.8 Å². The average Bonchev–Trinajstić information content (AvgIpc) is 2.77. The van der Waals surface area contributed by atoms with Crippen LogP contribution in [0.1, 0.15) is 25.7 Å². The molecule has 0 atom stereocenters. The third kappa shape index (κ3) is 5.13. The first-order valence-electron chi connectivity index (χ1n) is 7.58. The average molecular weight is 285 g/mol. The SMILES string of the molecule is C#CCNCC(=O)Nc1ccc(N2CCCCCC2)cc1. The van der Waals surface area contributed by atoms with Crippen molar-refractivity contribution in [3.8, 4) is 12.3 Å². The Kier molecular flexibility index (Phi) is 6.11. The molecule has 1 aliphatic heterocycles. The van der Waals surface area contributed by atoms with Gasteiger partial charge in [-0.3, -0.25) is 10.1 Å². The Hall–Kier alpha value is -1.99. The molecule has 4 heteroatoms. The van der Waals surface area contributed by atoms with E-state index < -0.39 is 0 Å². The number of benzene rings is 1. The van der Waals surface area contributed by atoms with Crippen LogP contribution in [0.2, 0.25) is 0 Å². The second-order valence-electron chi connectivity index (χ2n) is 5.30. The third-order valence-corrected chi connectivity index (χ3v) is 3.63. The molecule has 0 saturated carbocycles. The van der Waals surface area contributed by atoms with Crippen molar-refractivity contribution in [2.24, 2.45) is 0 Å². The monoisotopic (exact) mass is 285 g/mol. The van der Waals surface area contributed by atoms with E-state index >= 15 is 0 Å². The van der Waals surface area contributed by atoms with Gasteiger partial charge in [0.15, 0.2) is 0 Å². The van der Waals surface area contributed by atoms with Crippen LogP contribution in [0, 0.1) is 12.3 Å². The van der Waals surface area contributed by atoms with E-state index in [2.05, 4.69) is 33.6 Å². The normalized spacial score (nSPS) is 15.1. The fraction of sp³-hybridized carbons (Fsp3) is 0.471. The Balaban J connectivity index is 1.86. The lowest BCUT2D eigenvalue weighted by Crippen LogP contribution is -2.28. The van der Waals surface area contributed by atoms with Crippen LogP contribution in [0.4, 0.5) is 11.4 Å². The molecule has 1 saturated heterocycles. The first-order chi connectivity index (χ1) is 10.3. The first kappa shape index (κ1) is 15.4. The number of rotatable bonds is 5. The number of nitrogens with one attached hydrogen (secondary N) is 2. The lowest BCUT2D eigenvalue weighted by Gasteiger charge is -2.22. The van der Waals surface area contributed by atoms with Crippen molar-refractivity contribution < 1.29 is 4.79 Å². The number of terminal acetylenes is 1. The largest absolute Gasteiger partial charge is 0.372 e. The highest BCUT2D eigenvalue weighted by atomic mass is 16.1. The predicted molar refractivity (Wildman–Crippen MR) is 87.5 cm³/mol. The van der Waals surface area contributed by atoms with Gasteiger partial charge in [0, 0.05) is 24.5 Å². The Morgan fingerprint density at radius 3 is 2.43 bits per heavy atom. The van der Waals surface area contributed by atoms with Gasteiger partial charge < -0.3 is 10.2 Å². The zero-order valence-electron chi connectivity index (χ0n) is 12.4. The van der Waals surface area contributed by atoms with Gasteiger partial charge in [0.05, 0.1) is 13.1 Å². The summed E-state index contributed by atoms with van der Waals surface area (Å²) >= 11 is 0. The maximum atomic E-state index is 11.7. The molecule has 1 aromatic rings. The van der Waals surface area contributed by atoms with Crippen molar-refractivity contribution in [2.45, 2.75) is 25.7 Å². The molecule has 1 aliphatic rings. The molecular formula is C17H23N3O. The van der Waals surface area contributed by atoms with Crippen LogP contribution >= 0.6 is 0 Å². The molecule has 0 unspecified atom stereocenters. The number of amides is 1. The number of hydrogen-bond donors (Lipinski definition) is 2. The Morgan fingerprint density at radius 2 is 1.81 bits per heavy atom. The molecular weight excluding hydrogens is 262 g/mol.